The van der Waals surface area contributed by atoms with Crippen molar-refractivity contribution in [2.45, 2.75) is 44.3 Å². The van der Waals surface area contributed by atoms with Crippen molar-refractivity contribution in [2.24, 2.45) is 0 Å². The Bertz CT molecular complexity index is 1540. The summed E-state index contributed by atoms with van der Waals surface area (Å²) in [6, 6.07) is 16.3. The molecule has 1 unspecified atom stereocenters. The molecule has 1 aliphatic heterocycles. The van der Waals surface area contributed by atoms with Gasteiger partial charge in [0.2, 0.25) is 0 Å². The van der Waals surface area contributed by atoms with Gasteiger partial charge in [0, 0.05) is 17.0 Å². The maximum Gasteiger partial charge on any atom is 0.337 e. The zero-order chi connectivity index (χ0) is 27.1. The average molecular weight is 585 g/mol. The summed E-state index contributed by atoms with van der Waals surface area (Å²) in [5, 5.41) is 5.88. The largest absolute Gasteiger partial charge is 0.489 e. The summed E-state index contributed by atoms with van der Waals surface area (Å²) in [7, 11) is 1.37. The van der Waals surface area contributed by atoms with Crippen LogP contribution < -0.4 is 9.47 Å². The molecule has 0 saturated heterocycles. The van der Waals surface area contributed by atoms with Crippen LogP contribution in [0.15, 0.2) is 59.1 Å². The smallest absolute Gasteiger partial charge is 0.337 e. The van der Waals surface area contributed by atoms with Crippen molar-refractivity contribution in [1.29, 1.82) is 0 Å². The quantitative estimate of drug-likeness (QED) is 0.203. The van der Waals surface area contributed by atoms with Crippen molar-refractivity contribution in [2.75, 3.05) is 7.11 Å². The van der Waals surface area contributed by atoms with Crippen LogP contribution in [0.1, 0.15) is 64.1 Å². The third kappa shape index (κ3) is 5.21. The van der Waals surface area contributed by atoms with E-state index >= 15 is 0 Å². The summed E-state index contributed by atoms with van der Waals surface area (Å²) in [4.78, 5) is 11.9. The molecule has 4 aromatic rings. The van der Waals surface area contributed by atoms with Crippen LogP contribution in [0.3, 0.4) is 0 Å². The van der Waals surface area contributed by atoms with E-state index in [1.54, 1.807) is 36.4 Å². The monoisotopic (exact) mass is 583 g/mol. The Kier molecular flexibility index (Phi) is 7.19. The molecule has 1 fully saturated rings. The summed E-state index contributed by atoms with van der Waals surface area (Å²) < 4.78 is 23.0. The third-order valence-electron chi connectivity index (χ3n) is 7.09. The van der Waals surface area contributed by atoms with Gasteiger partial charge >= 0.3 is 5.97 Å². The van der Waals surface area contributed by atoms with E-state index in [4.69, 9.17) is 53.5 Å². The molecule has 2 heterocycles. The van der Waals surface area contributed by atoms with E-state index < -0.39 is 0 Å². The van der Waals surface area contributed by atoms with E-state index in [0.717, 1.165) is 53.9 Å². The van der Waals surface area contributed by atoms with Gasteiger partial charge in [-0.05, 0) is 73.7 Å². The fourth-order valence-electron chi connectivity index (χ4n) is 4.91. The number of rotatable bonds is 7. The lowest BCUT2D eigenvalue weighted by Gasteiger charge is -2.27. The van der Waals surface area contributed by atoms with Crippen LogP contribution in [0.25, 0.3) is 11.3 Å². The zero-order valence-corrected chi connectivity index (χ0v) is 23.3. The van der Waals surface area contributed by atoms with Gasteiger partial charge in [-0.15, -0.1) is 0 Å². The standard InChI is InChI=1S/C30H24Cl3NO5/c1-36-30(35)18-8-11-25-17(13-18)7-12-26(38-25)20-10-9-19(14-24(20)33)37-15-21-28(34-39-29(21)16-5-6-16)27-22(31)3-2-4-23(27)32/h2-4,8-11,13-14,16,26H,5-7,12,15H2,1H3. The highest BCUT2D eigenvalue weighted by Crippen LogP contribution is 2.46. The van der Waals surface area contributed by atoms with Crippen molar-refractivity contribution < 1.29 is 23.5 Å². The number of hydrogen-bond acceptors (Lipinski definition) is 6. The number of fused-ring (bicyclic) bond motifs is 1. The summed E-state index contributed by atoms with van der Waals surface area (Å²) in [5.74, 6) is 2.12. The van der Waals surface area contributed by atoms with Gasteiger partial charge in [-0.25, -0.2) is 4.79 Å². The Morgan fingerprint density at radius 3 is 2.51 bits per heavy atom. The second-order valence-electron chi connectivity index (χ2n) is 9.68. The number of methoxy groups -OCH3 is 1. The SMILES string of the molecule is COC(=O)c1ccc2c(c1)CCC(c1ccc(OCc3c(-c4c(Cl)cccc4Cl)noc3C3CC3)cc1Cl)O2. The summed E-state index contributed by atoms with van der Waals surface area (Å²) >= 11 is 19.7. The van der Waals surface area contributed by atoms with Crippen molar-refractivity contribution in [3.05, 3.63) is 97.7 Å². The maximum atomic E-state index is 11.9. The first-order valence-electron chi connectivity index (χ1n) is 12.7. The Labute approximate surface area is 240 Å². The number of esters is 1. The predicted octanol–water partition coefficient (Wildman–Crippen LogP) is 8.61. The van der Waals surface area contributed by atoms with Gasteiger partial charge in [0.25, 0.3) is 0 Å². The minimum Gasteiger partial charge on any atom is -0.489 e. The molecule has 39 heavy (non-hydrogen) atoms. The van der Waals surface area contributed by atoms with E-state index in [9.17, 15) is 4.79 Å². The average Bonchev–Trinajstić information content (AvgIpc) is 3.71. The van der Waals surface area contributed by atoms with Crippen molar-refractivity contribution >= 4 is 40.8 Å². The fourth-order valence-corrected chi connectivity index (χ4v) is 5.78. The molecule has 0 N–H and O–H groups in total. The van der Waals surface area contributed by atoms with Crippen molar-refractivity contribution in [1.82, 2.24) is 5.16 Å². The molecule has 2 aliphatic rings. The second kappa shape index (κ2) is 10.8. The van der Waals surface area contributed by atoms with Crippen LogP contribution >= 0.6 is 34.8 Å². The Hall–Kier alpha value is -3.19. The number of hydrogen-bond donors (Lipinski definition) is 0. The van der Waals surface area contributed by atoms with Crippen LogP contribution in [-0.2, 0) is 17.8 Å². The molecule has 0 bridgehead atoms. The molecule has 6 rings (SSSR count). The molecular weight excluding hydrogens is 561 g/mol. The Morgan fingerprint density at radius 1 is 1.00 bits per heavy atom. The normalized spacial score (nSPS) is 16.4. The maximum absolute atomic E-state index is 11.9. The highest BCUT2D eigenvalue weighted by atomic mass is 35.5. The first-order chi connectivity index (χ1) is 18.9. The number of ether oxygens (including phenoxy) is 3. The number of benzene rings is 3. The molecule has 1 saturated carbocycles. The van der Waals surface area contributed by atoms with Gasteiger partial charge < -0.3 is 18.7 Å². The third-order valence-corrected chi connectivity index (χ3v) is 8.05. The van der Waals surface area contributed by atoms with E-state index in [2.05, 4.69) is 5.16 Å². The summed E-state index contributed by atoms with van der Waals surface area (Å²) in [5.41, 5.74) is 4.43. The van der Waals surface area contributed by atoms with Crippen LogP contribution in [0.4, 0.5) is 0 Å². The molecule has 1 aliphatic carbocycles. The molecule has 0 spiro atoms. The minimum absolute atomic E-state index is 0.212. The lowest BCUT2D eigenvalue weighted by molar-refractivity contribution is 0.0600. The van der Waals surface area contributed by atoms with E-state index in [0.29, 0.717) is 43.6 Å². The van der Waals surface area contributed by atoms with Gasteiger partial charge in [-0.2, -0.15) is 0 Å². The Morgan fingerprint density at radius 2 is 1.79 bits per heavy atom. The molecule has 9 heteroatoms. The van der Waals surface area contributed by atoms with Crippen LogP contribution in [0, 0.1) is 0 Å². The number of carbonyl (C=O) groups excluding carboxylic acids is 1. The predicted molar refractivity (Wildman–Crippen MR) is 149 cm³/mol. The van der Waals surface area contributed by atoms with Gasteiger partial charge in [0.15, 0.2) is 0 Å². The van der Waals surface area contributed by atoms with Gasteiger partial charge in [0.05, 0.1) is 33.3 Å². The van der Waals surface area contributed by atoms with Crippen molar-refractivity contribution in [3.8, 4) is 22.8 Å². The van der Waals surface area contributed by atoms with Gasteiger partial charge in [0.1, 0.15) is 35.7 Å². The summed E-state index contributed by atoms with van der Waals surface area (Å²) in [6.07, 6.45) is 3.37. The molecular formula is C30H24Cl3NO5. The van der Waals surface area contributed by atoms with Crippen LogP contribution in [-0.4, -0.2) is 18.2 Å². The molecule has 0 amide bonds. The number of aromatic nitrogens is 1. The highest BCUT2D eigenvalue weighted by Gasteiger charge is 2.34. The van der Waals surface area contributed by atoms with Gasteiger partial charge in [-0.3, -0.25) is 0 Å². The van der Waals surface area contributed by atoms with Crippen LogP contribution in [0.5, 0.6) is 11.5 Å². The number of halogens is 3. The highest BCUT2D eigenvalue weighted by molar-refractivity contribution is 6.39. The fraction of sp³-hybridized carbons (Fsp3) is 0.267. The minimum atomic E-state index is -0.365. The lowest BCUT2D eigenvalue weighted by Crippen LogP contribution is -2.16. The summed E-state index contributed by atoms with van der Waals surface area (Å²) in [6.45, 7) is 0.234. The van der Waals surface area contributed by atoms with Crippen LogP contribution in [0.2, 0.25) is 15.1 Å². The molecule has 200 valence electrons. The molecule has 6 nitrogen and oxygen atoms in total. The first-order valence-corrected chi connectivity index (χ1v) is 13.8. The molecule has 0 radical (unpaired) electrons. The molecule has 1 aromatic heterocycles. The second-order valence-corrected chi connectivity index (χ2v) is 10.9. The lowest BCUT2D eigenvalue weighted by atomic mass is 9.96. The van der Waals surface area contributed by atoms with Crippen molar-refractivity contribution in [3.63, 3.8) is 0 Å². The number of aryl methyl sites for hydroxylation is 1. The van der Waals surface area contributed by atoms with E-state index in [-0.39, 0.29) is 18.7 Å². The first kappa shape index (κ1) is 26.1. The topological polar surface area (TPSA) is 70.8 Å². The van der Waals surface area contributed by atoms with E-state index in [1.165, 1.54) is 7.11 Å². The van der Waals surface area contributed by atoms with E-state index in [1.807, 2.05) is 18.2 Å². The number of nitrogens with zero attached hydrogens (tertiary/aromatic N) is 1. The number of carbonyl (C=O) groups is 1. The zero-order valence-electron chi connectivity index (χ0n) is 21.0. The van der Waals surface area contributed by atoms with Gasteiger partial charge in [-0.1, -0.05) is 52.1 Å². The molecule has 1 atom stereocenters. The molecule has 3 aromatic carbocycles. The Balaban J connectivity index is 1.20.